The molecule has 3 rings (SSSR count). The van der Waals surface area contributed by atoms with Crippen molar-refractivity contribution < 1.29 is 18.7 Å². The van der Waals surface area contributed by atoms with Crippen molar-refractivity contribution in [2.24, 2.45) is 0 Å². The third-order valence-corrected chi connectivity index (χ3v) is 4.18. The van der Waals surface area contributed by atoms with Crippen LogP contribution in [0.3, 0.4) is 0 Å². The van der Waals surface area contributed by atoms with Gasteiger partial charge in [0.2, 0.25) is 0 Å². The number of carboxylic acids is 1. The van der Waals surface area contributed by atoms with Gasteiger partial charge >= 0.3 is 5.97 Å². The molecule has 0 heterocycles. The van der Waals surface area contributed by atoms with E-state index in [1.807, 2.05) is 19.1 Å². The van der Waals surface area contributed by atoms with Crippen molar-refractivity contribution in [2.75, 3.05) is 0 Å². The highest BCUT2D eigenvalue weighted by Crippen LogP contribution is 2.36. The average Bonchev–Trinajstić information content (AvgIpc) is 2.62. The lowest BCUT2D eigenvalue weighted by Gasteiger charge is -2.14. The molecule has 0 spiro atoms. The molecule has 0 saturated carbocycles. The molecule has 4 heteroatoms. The second kappa shape index (κ2) is 6.85. The first-order chi connectivity index (χ1) is 12.0. The summed E-state index contributed by atoms with van der Waals surface area (Å²) < 4.78 is 28.2. The lowest BCUT2D eigenvalue weighted by Crippen LogP contribution is -2.03. The Balaban J connectivity index is 2.25. The van der Waals surface area contributed by atoms with Gasteiger partial charge in [-0.25, -0.2) is 13.6 Å². The van der Waals surface area contributed by atoms with Crippen LogP contribution in [0.25, 0.3) is 22.3 Å². The predicted octanol–water partition coefficient (Wildman–Crippen LogP) is 5.56. The topological polar surface area (TPSA) is 37.3 Å². The second-order valence-electron chi connectivity index (χ2n) is 5.71. The molecule has 0 saturated heterocycles. The Morgan fingerprint density at radius 1 is 0.880 bits per heavy atom. The van der Waals surface area contributed by atoms with Crippen molar-refractivity contribution in [3.8, 4) is 22.3 Å². The van der Waals surface area contributed by atoms with Crippen molar-refractivity contribution in [3.63, 3.8) is 0 Å². The van der Waals surface area contributed by atoms with E-state index in [-0.39, 0.29) is 16.9 Å². The van der Waals surface area contributed by atoms with Crippen molar-refractivity contribution in [3.05, 3.63) is 83.4 Å². The molecule has 0 radical (unpaired) electrons. The minimum atomic E-state index is -1.32. The van der Waals surface area contributed by atoms with E-state index in [1.165, 1.54) is 18.2 Å². The molecular formula is C21H16F2O2. The molecule has 25 heavy (non-hydrogen) atoms. The van der Waals surface area contributed by atoms with Crippen molar-refractivity contribution in [1.29, 1.82) is 0 Å². The highest BCUT2D eigenvalue weighted by molar-refractivity contribution is 5.94. The van der Waals surface area contributed by atoms with E-state index < -0.39 is 11.8 Å². The van der Waals surface area contributed by atoms with Crippen molar-refractivity contribution in [1.82, 2.24) is 0 Å². The molecular weight excluding hydrogens is 322 g/mol. The number of aromatic carboxylic acids is 1. The quantitative estimate of drug-likeness (QED) is 0.676. The summed E-state index contributed by atoms with van der Waals surface area (Å²) in [5.74, 6) is -2.51. The molecule has 0 fully saturated rings. The van der Waals surface area contributed by atoms with Gasteiger partial charge in [0.1, 0.15) is 11.6 Å². The van der Waals surface area contributed by atoms with Gasteiger partial charge in [0, 0.05) is 5.56 Å². The van der Waals surface area contributed by atoms with Crippen LogP contribution < -0.4 is 0 Å². The van der Waals surface area contributed by atoms with Gasteiger partial charge in [0.15, 0.2) is 0 Å². The molecule has 0 atom stereocenters. The molecule has 0 bridgehead atoms. The van der Waals surface area contributed by atoms with Crippen LogP contribution in [0.15, 0.2) is 60.7 Å². The van der Waals surface area contributed by atoms with Crippen molar-refractivity contribution >= 4 is 5.97 Å². The molecule has 0 amide bonds. The highest BCUT2D eigenvalue weighted by atomic mass is 19.1. The summed E-state index contributed by atoms with van der Waals surface area (Å²) in [6.07, 6.45) is 0.850. The number of carbonyl (C=O) groups is 1. The predicted molar refractivity (Wildman–Crippen MR) is 93.6 cm³/mol. The molecule has 2 nitrogen and oxygen atoms in total. The number of benzene rings is 3. The number of hydrogen-bond acceptors (Lipinski definition) is 1. The van der Waals surface area contributed by atoms with Gasteiger partial charge < -0.3 is 5.11 Å². The zero-order valence-corrected chi connectivity index (χ0v) is 13.6. The van der Waals surface area contributed by atoms with E-state index >= 15 is 0 Å². The lowest BCUT2D eigenvalue weighted by atomic mass is 9.91. The first-order valence-corrected chi connectivity index (χ1v) is 7.92. The largest absolute Gasteiger partial charge is 0.478 e. The maximum absolute atomic E-state index is 15.0. The van der Waals surface area contributed by atoms with Gasteiger partial charge in [0.25, 0.3) is 0 Å². The number of rotatable bonds is 4. The number of hydrogen-bond donors (Lipinski definition) is 1. The summed E-state index contributed by atoms with van der Waals surface area (Å²) in [6.45, 7) is 2.02. The Morgan fingerprint density at radius 3 is 2.04 bits per heavy atom. The molecule has 0 aliphatic heterocycles. The molecule has 0 aliphatic carbocycles. The Kier molecular flexibility index (Phi) is 4.61. The van der Waals surface area contributed by atoms with Gasteiger partial charge in [-0.1, -0.05) is 49.4 Å². The second-order valence-corrected chi connectivity index (χ2v) is 5.71. The summed E-state index contributed by atoms with van der Waals surface area (Å²) in [5, 5.41) is 9.23. The van der Waals surface area contributed by atoms with Crippen molar-refractivity contribution in [2.45, 2.75) is 13.3 Å². The fourth-order valence-electron chi connectivity index (χ4n) is 2.80. The highest BCUT2D eigenvalue weighted by Gasteiger charge is 2.20. The maximum Gasteiger partial charge on any atom is 0.338 e. The fourth-order valence-corrected chi connectivity index (χ4v) is 2.80. The van der Waals surface area contributed by atoms with Gasteiger partial charge in [-0.3, -0.25) is 0 Å². The number of halogens is 2. The summed E-state index contributed by atoms with van der Waals surface area (Å²) in [6, 6.07) is 15.8. The van der Waals surface area contributed by atoms with E-state index in [4.69, 9.17) is 0 Å². The Hall–Kier alpha value is -3.01. The first kappa shape index (κ1) is 16.8. The molecule has 0 unspecified atom stereocenters. The molecule has 1 N–H and O–H groups in total. The third-order valence-electron chi connectivity index (χ3n) is 4.18. The van der Waals surface area contributed by atoms with Crippen LogP contribution in [-0.4, -0.2) is 11.1 Å². The van der Waals surface area contributed by atoms with Gasteiger partial charge in [0.05, 0.1) is 5.56 Å². The molecule has 3 aromatic carbocycles. The van der Waals surface area contributed by atoms with Gasteiger partial charge in [-0.05, 0) is 46.9 Å². The minimum Gasteiger partial charge on any atom is -0.478 e. The zero-order valence-electron chi connectivity index (χ0n) is 13.6. The monoisotopic (exact) mass is 338 g/mol. The average molecular weight is 338 g/mol. The molecule has 3 aromatic rings. The van der Waals surface area contributed by atoms with E-state index in [0.717, 1.165) is 12.0 Å². The first-order valence-electron chi connectivity index (χ1n) is 7.92. The standard InChI is InChI=1S/C21H16F2O2/c1-2-13-3-5-15(6-4-13)19-17(14-7-9-16(22)10-8-14)11-12-18(20(19)23)21(24)25/h3-12H,2H2,1H3,(H,24,25). The Bertz CT molecular complexity index is 914. The molecule has 0 aromatic heterocycles. The minimum absolute atomic E-state index is 0.203. The van der Waals surface area contributed by atoms with Gasteiger partial charge in [-0.2, -0.15) is 0 Å². The van der Waals surface area contributed by atoms with E-state index in [2.05, 4.69) is 0 Å². The number of carboxylic acid groups (broad SMARTS) is 1. The van der Waals surface area contributed by atoms with E-state index in [1.54, 1.807) is 30.3 Å². The summed E-state index contributed by atoms with van der Waals surface area (Å²) in [5.41, 5.74) is 2.63. The Morgan fingerprint density at radius 2 is 1.48 bits per heavy atom. The number of aryl methyl sites for hydroxylation is 1. The van der Waals surface area contributed by atoms with E-state index in [0.29, 0.717) is 16.7 Å². The van der Waals surface area contributed by atoms with Gasteiger partial charge in [-0.15, -0.1) is 0 Å². The van der Waals surface area contributed by atoms with Crippen LogP contribution >= 0.6 is 0 Å². The third kappa shape index (κ3) is 3.29. The van der Waals surface area contributed by atoms with Crippen LogP contribution in [0.2, 0.25) is 0 Å². The lowest BCUT2D eigenvalue weighted by molar-refractivity contribution is 0.0692. The smallest absolute Gasteiger partial charge is 0.338 e. The normalized spacial score (nSPS) is 10.7. The van der Waals surface area contributed by atoms with Crippen LogP contribution in [0, 0.1) is 11.6 Å². The Labute approximate surface area is 144 Å². The maximum atomic E-state index is 15.0. The fraction of sp³-hybridized carbons (Fsp3) is 0.0952. The zero-order chi connectivity index (χ0) is 18.0. The summed E-state index contributed by atoms with van der Waals surface area (Å²) >= 11 is 0. The van der Waals surface area contributed by atoms with E-state index in [9.17, 15) is 18.7 Å². The summed E-state index contributed by atoms with van der Waals surface area (Å²) in [7, 11) is 0. The molecule has 0 aliphatic rings. The van der Waals surface area contributed by atoms with Crippen LogP contribution in [0.4, 0.5) is 8.78 Å². The van der Waals surface area contributed by atoms with Crippen LogP contribution in [0.5, 0.6) is 0 Å². The molecule has 126 valence electrons. The summed E-state index contributed by atoms with van der Waals surface area (Å²) in [4.78, 5) is 11.3. The van der Waals surface area contributed by atoms with Crippen LogP contribution in [0.1, 0.15) is 22.8 Å². The SMILES string of the molecule is CCc1ccc(-c2c(-c3ccc(F)cc3)ccc(C(=O)O)c2F)cc1. The van der Waals surface area contributed by atoms with Crippen LogP contribution in [-0.2, 0) is 6.42 Å².